The van der Waals surface area contributed by atoms with Gasteiger partial charge in [0.1, 0.15) is 0 Å². The van der Waals surface area contributed by atoms with Gasteiger partial charge in [0, 0.05) is 24.4 Å². The molecule has 4 nitrogen and oxygen atoms in total. The summed E-state index contributed by atoms with van der Waals surface area (Å²) < 4.78 is 27.6. The number of rotatable bonds is 9. The largest absolute Gasteiger partial charge is 0.303 e. The molecular weight excluding hydrogens is 436 g/mol. The first kappa shape index (κ1) is 23.2. The van der Waals surface area contributed by atoms with E-state index in [4.69, 9.17) is 0 Å². The van der Waals surface area contributed by atoms with Crippen molar-refractivity contribution in [2.24, 2.45) is 0 Å². The third-order valence-corrected chi connectivity index (χ3v) is 9.40. The van der Waals surface area contributed by atoms with Gasteiger partial charge in [-0.25, -0.2) is 12.7 Å². The number of likely N-dealkylation sites (N-methyl/N-ethyl adjacent to an activating group) is 1. The smallest absolute Gasteiger partial charge is 0.242 e. The van der Waals surface area contributed by atoms with Gasteiger partial charge < -0.3 is 4.90 Å². The van der Waals surface area contributed by atoms with Crippen molar-refractivity contribution in [3.8, 4) is 0 Å². The number of likely N-dealkylation sites (tertiary alicyclic amines) is 1. The zero-order valence-electron chi connectivity index (χ0n) is 18.6. The number of hydrogen-bond donors (Lipinski definition) is 0. The van der Waals surface area contributed by atoms with Crippen LogP contribution in [0.2, 0.25) is 0 Å². The number of piperidine rings is 1. The van der Waals surface area contributed by atoms with Crippen LogP contribution in [-0.4, -0.2) is 50.8 Å². The molecule has 1 aliphatic rings. The molecule has 1 aromatic heterocycles. The van der Waals surface area contributed by atoms with E-state index in [1.54, 1.807) is 42.6 Å². The summed E-state index contributed by atoms with van der Waals surface area (Å²) in [7, 11) is -1.78. The minimum Gasteiger partial charge on any atom is -0.303 e. The lowest BCUT2D eigenvalue weighted by Crippen LogP contribution is -2.36. The summed E-state index contributed by atoms with van der Waals surface area (Å²) >= 11 is 1.72. The summed E-state index contributed by atoms with van der Waals surface area (Å²) in [6.07, 6.45) is 3.34. The van der Waals surface area contributed by atoms with Gasteiger partial charge in [0.15, 0.2) is 0 Å². The standard InChI is InChI=1S/C26H32N2O2S2/c1-27(32(29,30)25-11-6-3-7-12-25)21-24(26-13-8-20-31-26)16-19-28-17-14-23(15-18-28)22-9-4-2-5-10-22/h2-13,20,23-24H,14-19,21H2,1H3/t24-/m0/s1. The predicted molar refractivity (Wildman–Crippen MR) is 133 cm³/mol. The lowest BCUT2D eigenvalue weighted by molar-refractivity contribution is 0.203. The number of thiophene rings is 1. The normalized spacial score (nSPS) is 16.9. The molecule has 1 atom stereocenters. The highest BCUT2D eigenvalue weighted by Crippen LogP contribution is 2.30. The van der Waals surface area contributed by atoms with E-state index in [1.807, 2.05) is 6.07 Å². The maximum Gasteiger partial charge on any atom is 0.242 e. The highest BCUT2D eigenvalue weighted by atomic mass is 32.2. The predicted octanol–water partition coefficient (Wildman–Crippen LogP) is 5.42. The molecule has 2 aromatic carbocycles. The van der Waals surface area contributed by atoms with E-state index >= 15 is 0 Å². The van der Waals surface area contributed by atoms with Crippen LogP contribution in [0.1, 0.15) is 41.5 Å². The third kappa shape index (κ3) is 5.67. The van der Waals surface area contributed by atoms with Crippen molar-refractivity contribution in [2.75, 3.05) is 33.2 Å². The van der Waals surface area contributed by atoms with E-state index < -0.39 is 10.0 Å². The maximum absolute atomic E-state index is 13.0. The molecule has 0 unspecified atom stereocenters. The number of sulfonamides is 1. The average Bonchev–Trinajstić information content (AvgIpc) is 3.38. The molecule has 0 bridgehead atoms. The Morgan fingerprint density at radius 2 is 1.62 bits per heavy atom. The molecule has 0 spiro atoms. The molecule has 0 radical (unpaired) electrons. The Hall–Kier alpha value is -1.99. The summed E-state index contributed by atoms with van der Waals surface area (Å²) in [4.78, 5) is 4.17. The van der Waals surface area contributed by atoms with E-state index in [2.05, 4.69) is 52.7 Å². The van der Waals surface area contributed by atoms with Crippen LogP contribution in [0.5, 0.6) is 0 Å². The molecule has 6 heteroatoms. The van der Waals surface area contributed by atoms with Gasteiger partial charge in [0.2, 0.25) is 10.0 Å². The molecule has 0 N–H and O–H groups in total. The second-order valence-electron chi connectivity index (χ2n) is 8.63. The van der Waals surface area contributed by atoms with E-state index in [0.29, 0.717) is 17.4 Å². The monoisotopic (exact) mass is 468 g/mol. The van der Waals surface area contributed by atoms with E-state index in [1.165, 1.54) is 27.6 Å². The summed E-state index contributed by atoms with van der Waals surface area (Å²) in [5, 5.41) is 2.08. The Balaban J connectivity index is 1.36. The zero-order valence-corrected chi connectivity index (χ0v) is 20.3. The van der Waals surface area contributed by atoms with Crippen LogP contribution in [0, 0.1) is 0 Å². The van der Waals surface area contributed by atoms with Crippen molar-refractivity contribution < 1.29 is 8.42 Å². The quantitative estimate of drug-likeness (QED) is 0.421. The van der Waals surface area contributed by atoms with Crippen LogP contribution in [0.4, 0.5) is 0 Å². The Morgan fingerprint density at radius 3 is 2.25 bits per heavy atom. The SMILES string of the molecule is CN(C[C@H](CCN1CCC(c2ccccc2)CC1)c1cccs1)S(=O)(=O)c1ccccc1. The topological polar surface area (TPSA) is 40.6 Å². The van der Waals surface area contributed by atoms with Gasteiger partial charge in [0.25, 0.3) is 0 Å². The van der Waals surface area contributed by atoms with Crippen LogP contribution in [-0.2, 0) is 10.0 Å². The van der Waals surface area contributed by atoms with E-state index in [0.717, 1.165) is 26.1 Å². The second kappa shape index (κ2) is 10.8. The highest BCUT2D eigenvalue weighted by molar-refractivity contribution is 7.89. The van der Waals surface area contributed by atoms with Crippen molar-refractivity contribution >= 4 is 21.4 Å². The lowest BCUT2D eigenvalue weighted by Gasteiger charge is -2.33. The first-order chi connectivity index (χ1) is 15.5. The number of nitrogens with zero attached hydrogens (tertiary/aromatic N) is 2. The molecule has 2 heterocycles. The van der Waals surface area contributed by atoms with Crippen molar-refractivity contribution in [3.63, 3.8) is 0 Å². The fourth-order valence-corrected chi connectivity index (χ4v) is 6.67. The minimum absolute atomic E-state index is 0.199. The first-order valence-corrected chi connectivity index (χ1v) is 13.7. The maximum atomic E-state index is 13.0. The Kier molecular flexibility index (Phi) is 7.79. The molecule has 4 rings (SSSR count). The van der Waals surface area contributed by atoms with Crippen LogP contribution in [0.15, 0.2) is 83.1 Å². The van der Waals surface area contributed by atoms with Gasteiger partial charge >= 0.3 is 0 Å². The number of hydrogen-bond acceptors (Lipinski definition) is 4. The van der Waals surface area contributed by atoms with E-state index in [-0.39, 0.29) is 5.92 Å². The lowest BCUT2D eigenvalue weighted by atomic mass is 9.89. The summed E-state index contributed by atoms with van der Waals surface area (Å²) in [5.74, 6) is 0.855. The summed E-state index contributed by atoms with van der Waals surface area (Å²) in [6, 6.07) is 23.8. The van der Waals surface area contributed by atoms with Crippen molar-refractivity contribution in [1.82, 2.24) is 9.21 Å². The molecular formula is C26H32N2O2S2. The molecule has 1 saturated heterocycles. The van der Waals surface area contributed by atoms with Gasteiger partial charge in [-0.2, -0.15) is 0 Å². The molecule has 0 saturated carbocycles. The first-order valence-electron chi connectivity index (χ1n) is 11.4. The van der Waals surface area contributed by atoms with Gasteiger partial charge in [-0.15, -0.1) is 11.3 Å². The molecule has 0 amide bonds. The highest BCUT2D eigenvalue weighted by Gasteiger charge is 2.26. The van der Waals surface area contributed by atoms with Crippen molar-refractivity contribution in [3.05, 3.63) is 88.6 Å². The Morgan fingerprint density at radius 1 is 0.969 bits per heavy atom. The van der Waals surface area contributed by atoms with Crippen molar-refractivity contribution in [1.29, 1.82) is 0 Å². The van der Waals surface area contributed by atoms with Gasteiger partial charge in [0.05, 0.1) is 4.90 Å². The third-order valence-electron chi connectivity index (χ3n) is 6.53. The van der Waals surface area contributed by atoms with Crippen LogP contribution in [0.25, 0.3) is 0 Å². The van der Waals surface area contributed by atoms with Crippen molar-refractivity contribution in [2.45, 2.75) is 36.0 Å². The van der Waals surface area contributed by atoms with Gasteiger partial charge in [-0.3, -0.25) is 0 Å². The van der Waals surface area contributed by atoms with Gasteiger partial charge in [-0.1, -0.05) is 54.6 Å². The van der Waals surface area contributed by atoms with Crippen LogP contribution in [0.3, 0.4) is 0 Å². The average molecular weight is 469 g/mol. The molecule has 0 aliphatic carbocycles. The molecule has 3 aromatic rings. The minimum atomic E-state index is -3.48. The number of benzene rings is 2. The molecule has 1 aliphatic heterocycles. The zero-order chi connectivity index (χ0) is 22.4. The van der Waals surface area contributed by atoms with E-state index in [9.17, 15) is 8.42 Å². The molecule has 1 fully saturated rings. The second-order valence-corrected chi connectivity index (χ2v) is 11.7. The molecule has 170 valence electrons. The Bertz CT molecular complexity index is 1050. The fraction of sp³-hybridized carbons (Fsp3) is 0.385. The summed E-state index contributed by atoms with van der Waals surface area (Å²) in [6.45, 7) is 3.71. The Labute approximate surface area is 196 Å². The summed E-state index contributed by atoms with van der Waals surface area (Å²) in [5.41, 5.74) is 1.45. The van der Waals surface area contributed by atoms with Gasteiger partial charge in [-0.05, 0) is 74.0 Å². The molecule has 32 heavy (non-hydrogen) atoms. The van der Waals surface area contributed by atoms with Crippen LogP contribution >= 0.6 is 11.3 Å². The van der Waals surface area contributed by atoms with Crippen LogP contribution < -0.4 is 0 Å². The fourth-order valence-electron chi connectivity index (χ4n) is 4.58.